The summed E-state index contributed by atoms with van der Waals surface area (Å²) in [7, 11) is 4.70. The Kier molecular flexibility index (Phi) is 7.82. The van der Waals surface area contributed by atoms with Gasteiger partial charge in [-0.15, -0.1) is 0 Å². The van der Waals surface area contributed by atoms with Gasteiger partial charge >= 0.3 is 0 Å². The SMILES string of the molecule is CCCCOc1ccc(CCOCOC)c2[nH]cc(C(=O)C(=O)N(C)C)c12. The second kappa shape index (κ2) is 10.1. The van der Waals surface area contributed by atoms with E-state index >= 15 is 0 Å². The molecule has 0 unspecified atom stereocenters. The van der Waals surface area contributed by atoms with E-state index in [1.165, 1.54) is 4.90 Å². The molecule has 148 valence electrons. The molecule has 1 heterocycles. The third kappa shape index (κ3) is 5.08. The number of ether oxygens (including phenoxy) is 3. The standard InChI is InChI=1S/C20H28N2O5/c1-5-6-10-27-16-8-7-14(9-11-26-13-25-4)18-17(16)15(12-21-18)19(23)20(24)22(2)3/h7-8,12,21H,5-6,9-11,13H2,1-4H3. The summed E-state index contributed by atoms with van der Waals surface area (Å²) in [6.45, 7) is 3.36. The Morgan fingerprint density at radius 1 is 1.19 bits per heavy atom. The van der Waals surface area contributed by atoms with Crippen molar-refractivity contribution in [1.29, 1.82) is 0 Å². The largest absolute Gasteiger partial charge is 0.493 e. The molecule has 0 atom stereocenters. The number of hydrogen-bond donors (Lipinski definition) is 1. The first kappa shape index (κ1) is 20.9. The Morgan fingerprint density at radius 3 is 2.63 bits per heavy atom. The quantitative estimate of drug-likeness (QED) is 0.282. The minimum absolute atomic E-state index is 0.229. The number of unbranched alkanes of at least 4 members (excludes halogenated alkanes) is 1. The molecule has 0 bridgehead atoms. The van der Waals surface area contributed by atoms with Gasteiger partial charge < -0.3 is 24.1 Å². The fourth-order valence-electron chi connectivity index (χ4n) is 2.75. The lowest BCUT2D eigenvalue weighted by Crippen LogP contribution is -2.29. The van der Waals surface area contributed by atoms with E-state index in [1.807, 2.05) is 12.1 Å². The van der Waals surface area contributed by atoms with Gasteiger partial charge in [0.25, 0.3) is 11.7 Å². The summed E-state index contributed by atoms with van der Waals surface area (Å²) < 4.78 is 16.2. The highest BCUT2D eigenvalue weighted by molar-refractivity contribution is 6.45. The van der Waals surface area contributed by atoms with Crippen LogP contribution in [0.2, 0.25) is 0 Å². The van der Waals surface area contributed by atoms with Crippen LogP contribution in [0.1, 0.15) is 35.7 Å². The number of aromatic nitrogens is 1. The van der Waals surface area contributed by atoms with Gasteiger partial charge in [-0.2, -0.15) is 0 Å². The Balaban J connectivity index is 2.40. The molecule has 1 aromatic carbocycles. The predicted octanol–water partition coefficient (Wildman–Crippen LogP) is 2.78. The Bertz CT molecular complexity index is 782. The van der Waals surface area contributed by atoms with Crippen molar-refractivity contribution in [3.05, 3.63) is 29.5 Å². The van der Waals surface area contributed by atoms with Gasteiger partial charge in [-0.25, -0.2) is 0 Å². The van der Waals surface area contributed by atoms with E-state index in [2.05, 4.69) is 11.9 Å². The summed E-state index contributed by atoms with van der Waals surface area (Å²) in [5.74, 6) is -0.514. The van der Waals surface area contributed by atoms with Gasteiger partial charge in [0.05, 0.1) is 29.7 Å². The molecule has 27 heavy (non-hydrogen) atoms. The zero-order valence-electron chi connectivity index (χ0n) is 16.5. The van der Waals surface area contributed by atoms with E-state index in [0.717, 1.165) is 23.9 Å². The van der Waals surface area contributed by atoms with Gasteiger partial charge in [0.15, 0.2) is 0 Å². The molecule has 0 aliphatic heterocycles. The van der Waals surface area contributed by atoms with Crippen molar-refractivity contribution < 1.29 is 23.8 Å². The van der Waals surface area contributed by atoms with Gasteiger partial charge in [0.2, 0.25) is 0 Å². The fourth-order valence-corrected chi connectivity index (χ4v) is 2.75. The van der Waals surface area contributed by atoms with Crippen LogP contribution >= 0.6 is 0 Å². The van der Waals surface area contributed by atoms with E-state index in [1.54, 1.807) is 27.4 Å². The number of methoxy groups -OCH3 is 1. The Hall–Kier alpha value is -2.38. The van der Waals surface area contributed by atoms with Crippen molar-refractivity contribution >= 4 is 22.6 Å². The van der Waals surface area contributed by atoms with Gasteiger partial charge in [0, 0.05) is 27.4 Å². The van der Waals surface area contributed by atoms with Gasteiger partial charge in [-0.05, 0) is 24.5 Å². The van der Waals surface area contributed by atoms with Crippen LogP contribution in [0.4, 0.5) is 0 Å². The van der Waals surface area contributed by atoms with Crippen LogP contribution in [0.15, 0.2) is 18.3 Å². The highest BCUT2D eigenvalue weighted by atomic mass is 16.7. The monoisotopic (exact) mass is 376 g/mol. The molecule has 2 aromatic rings. The lowest BCUT2D eigenvalue weighted by molar-refractivity contribution is -0.124. The molecule has 2 rings (SSSR count). The van der Waals surface area contributed by atoms with Crippen LogP contribution in [-0.2, 0) is 20.7 Å². The summed E-state index contributed by atoms with van der Waals surface area (Å²) in [6, 6.07) is 3.81. The van der Waals surface area contributed by atoms with Crippen LogP contribution < -0.4 is 4.74 Å². The smallest absolute Gasteiger partial charge is 0.294 e. The van der Waals surface area contributed by atoms with Crippen LogP contribution in [-0.4, -0.2) is 62.8 Å². The number of rotatable bonds is 11. The number of carbonyl (C=O) groups is 2. The maximum absolute atomic E-state index is 12.6. The van der Waals surface area contributed by atoms with E-state index in [9.17, 15) is 9.59 Å². The lowest BCUT2D eigenvalue weighted by atomic mass is 10.0. The van der Waals surface area contributed by atoms with Gasteiger partial charge in [0.1, 0.15) is 12.5 Å². The van der Waals surface area contributed by atoms with Crippen molar-refractivity contribution in [2.24, 2.45) is 0 Å². The maximum atomic E-state index is 12.6. The number of carbonyl (C=O) groups excluding carboxylic acids is 2. The van der Waals surface area contributed by atoms with Crippen molar-refractivity contribution in [3.63, 3.8) is 0 Å². The van der Waals surface area contributed by atoms with Crippen molar-refractivity contribution in [1.82, 2.24) is 9.88 Å². The first-order chi connectivity index (χ1) is 13.0. The molecule has 0 fully saturated rings. The van der Waals surface area contributed by atoms with Gasteiger partial charge in [-0.3, -0.25) is 9.59 Å². The second-order valence-corrected chi connectivity index (χ2v) is 6.47. The zero-order chi connectivity index (χ0) is 19.8. The van der Waals surface area contributed by atoms with Crippen LogP contribution in [0.25, 0.3) is 10.9 Å². The minimum Gasteiger partial charge on any atom is -0.493 e. The van der Waals surface area contributed by atoms with E-state index in [4.69, 9.17) is 14.2 Å². The molecule has 0 aliphatic carbocycles. The number of likely N-dealkylation sites (N-methyl/N-ethyl adjacent to an activating group) is 1. The van der Waals surface area contributed by atoms with E-state index < -0.39 is 11.7 Å². The molecule has 7 heteroatoms. The molecule has 0 radical (unpaired) electrons. The highest BCUT2D eigenvalue weighted by Crippen LogP contribution is 2.32. The number of nitrogens with zero attached hydrogens (tertiary/aromatic N) is 1. The number of H-pyrrole nitrogens is 1. The lowest BCUT2D eigenvalue weighted by Gasteiger charge is -2.12. The Morgan fingerprint density at radius 2 is 1.96 bits per heavy atom. The summed E-state index contributed by atoms with van der Waals surface area (Å²) in [5, 5.41) is 0.649. The summed E-state index contributed by atoms with van der Waals surface area (Å²) >= 11 is 0. The fraction of sp³-hybridized carbons (Fsp3) is 0.500. The average molecular weight is 376 g/mol. The molecule has 0 saturated carbocycles. The number of hydrogen-bond acceptors (Lipinski definition) is 5. The minimum atomic E-state index is -0.566. The molecular weight excluding hydrogens is 348 g/mol. The molecule has 1 aromatic heterocycles. The topological polar surface area (TPSA) is 80.9 Å². The normalized spacial score (nSPS) is 11.0. The number of nitrogens with one attached hydrogen (secondary N) is 1. The van der Waals surface area contributed by atoms with Crippen molar-refractivity contribution in [3.8, 4) is 5.75 Å². The van der Waals surface area contributed by atoms with Gasteiger partial charge in [-0.1, -0.05) is 19.4 Å². The molecule has 0 aliphatic rings. The first-order valence-corrected chi connectivity index (χ1v) is 9.09. The maximum Gasteiger partial charge on any atom is 0.294 e. The first-order valence-electron chi connectivity index (χ1n) is 9.09. The molecule has 1 amide bonds. The number of benzene rings is 1. The number of aromatic amines is 1. The Labute approximate surface area is 159 Å². The van der Waals surface area contributed by atoms with Crippen LogP contribution in [0, 0.1) is 0 Å². The number of Topliss-reactive ketones (excluding diaryl/α,β-unsaturated/α-hetero) is 1. The third-order valence-electron chi connectivity index (χ3n) is 4.20. The van der Waals surface area contributed by atoms with Crippen LogP contribution in [0.5, 0.6) is 5.75 Å². The summed E-state index contributed by atoms with van der Waals surface area (Å²) in [6.07, 6.45) is 4.15. The molecule has 0 saturated heterocycles. The summed E-state index contributed by atoms with van der Waals surface area (Å²) in [5.41, 5.74) is 2.11. The highest BCUT2D eigenvalue weighted by Gasteiger charge is 2.24. The molecule has 1 N–H and O–H groups in total. The van der Waals surface area contributed by atoms with Crippen LogP contribution in [0.3, 0.4) is 0 Å². The third-order valence-corrected chi connectivity index (χ3v) is 4.20. The van der Waals surface area contributed by atoms with Crippen molar-refractivity contribution in [2.75, 3.05) is 41.2 Å². The van der Waals surface area contributed by atoms with E-state index in [-0.39, 0.29) is 6.79 Å². The predicted molar refractivity (Wildman–Crippen MR) is 103 cm³/mol. The number of ketones is 1. The van der Waals surface area contributed by atoms with Crippen molar-refractivity contribution in [2.45, 2.75) is 26.2 Å². The molecule has 0 spiro atoms. The molecular formula is C20H28N2O5. The number of amides is 1. The average Bonchev–Trinajstić information content (AvgIpc) is 3.10. The van der Waals surface area contributed by atoms with E-state index in [0.29, 0.717) is 36.3 Å². The molecule has 7 nitrogen and oxygen atoms in total. The number of fused-ring (bicyclic) bond motifs is 1. The zero-order valence-corrected chi connectivity index (χ0v) is 16.5. The summed E-state index contributed by atoms with van der Waals surface area (Å²) in [4.78, 5) is 29.2. The second-order valence-electron chi connectivity index (χ2n) is 6.47.